The molecule has 0 fully saturated rings. The summed E-state index contributed by atoms with van der Waals surface area (Å²) in [5.41, 5.74) is 5.45. The minimum atomic E-state index is 0.469. The van der Waals surface area contributed by atoms with Gasteiger partial charge in [0.15, 0.2) is 0 Å². The molecule has 0 aliphatic heterocycles. The van der Waals surface area contributed by atoms with Gasteiger partial charge in [0.25, 0.3) is 0 Å². The molecule has 11 heavy (non-hydrogen) atoms. The van der Waals surface area contributed by atoms with Crippen LogP contribution in [-0.2, 0) is 0 Å². The van der Waals surface area contributed by atoms with E-state index in [0.717, 1.165) is 10.2 Å². The van der Waals surface area contributed by atoms with Crippen molar-refractivity contribution in [2.24, 2.45) is 0 Å². The molecule has 0 aliphatic carbocycles. The number of rotatable bonds is 2. The van der Waals surface area contributed by atoms with Crippen molar-refractivity contribution in [2.75, 3.05) is 12.3 Å². The molecule has 0 spiro atoms. The normalized spacial score (nSPS) is 9.64. The SMILES string of the molecule is CCOc1cc(N)ncc1Br. The van der Waals surface area contributed by atoms with Gasteiger partial charge in [-0.15, -0.1) is 0 Å². The first-order valence-corrected chi connectivity index (χ1v) is 4.07. The lowest BCUT2D eigenvalue weighted by molar-refractivity contribution is 0.338. The Bertz CT molecular complexity index is 252. The summed E-state index contributed by atoms with van der Waals surface area (Å²) in [6.07, 6.45) is 1.63. The van der Waals surface area contributed by atoms with Gasteiger partial charge in [-0.3, -0.25) is 0 Å². The Morgan fingerprint density at radius 3 is 3.09 bits per heavy atom. The summed E-state index contributed by atoms with van der Waals surface area (Å²) in [6, 6.07) is 1.69. The molecule has 60 valence electrons. The minimum absolute atomic E-state index is 0.469. The molecule has 0 bridgehead atoms. The maximum absolute atomic E-state index is 5.45. The third kappa shape index (κ3) is 2.08. The van der Waals surface area contributed by atoms with Crippen molar-refractivity contribution in [3.05, 3.63) is 16.7 Å². The van der Waals surface area contributed by atoms with Crippen molar-refractivity contribution in [1.82, 2.24) is 4.98 Å². The first kappa shape index (κ1) is 8.33. The largest absolute Gasteiger partial charge is 0.492 e. The molecule has 0 saturated heterocycles. The molecule has 3 nitrogen and oxygen atoms in total. The molecule has 0 radical (unpaired) electrons. The van der Waals surface area contributed by atoms with E-state index in [1.54, 1.807) is 12.3 Å². The molecule has 0 unspecified atom stereocenters. The van der Waals surface area contributed by atoms with Gasteiger partial charge >= 0.3 is 0 Å². The van der Waals surface area contributed by atoms with Gasteiger partial charge in [-0.2, -0.15) is 0 Å². The zero-order valence-electron chi connectivity index (χ0n) is 6.17. The fourth-order valence-corrected chi connectivity index (χ4v) is 1.03. The first-order chi connectivity index (χ1) is 5.24. The number of pyridine rings is 1. The Kier molecular flexibility index (Phi) is 2.70. The summed E-state index contributed by atoms with van der Waals surface area (Å²) in [6.45, 7) is 2.55. The molecule has 0 amide bonds. The second-order valence-corrected chi connectivity index (χ2v) is 2.83. The number of hydrogen-bond acceptors (Lipinski definition) is 3. The van der Waals surface area contributed by atoms with E-state index in [1.165, 1.54) is 0 Å². The number of nitrogen functional groups attached to an aromatic ring is 1. The molecule has 1 aromatic heterocycles. The highest BCUT2D eigenvalue weighted by atomic mass is 79.9. The third-order valence-electron chi connectivity index (χ3n) is 1.14. The highest BCUT2D eigenvalue weighted by molar-refractivity contribution is 9.10. The quantitative estimate of drug-likeness (QED) is 0.821. The lowest BCUT2D eigenvalue weighted by Crippen LogP contribution is -1.95. The average molecular weight is 217 g/mol. The molecule has 0 aliphatic rings. The van der Waals surface area contributed by atoms with Crippen LogP contribution in [0.2, 0.25) is 0 Å². The van der Waals surface area contributed by atoms with Crippen LogP contribution in [0.1, 0.15) is 6.92 Å². The van der Waals surface area contributed by atoms with Crippen LogP contribution in [0.25, 0.3) is 0 Å². The number of nitrogens with two attached hydrogens (primary N) is 1. The summed E-state index contributed by atoms with van der Waals surface area (Å²) in [7, 11) is 0. The van der Waals surface area contributed by atoms with Gasteiger partial charge in [-0.05, 0) is 22.9 Å². The predicted molar refractivity (Wildman–Crippen MR) is 47.5 cm³/mol. The Balaban J connectivity index is 2.93. The van der Waals surface area contributed by atoms with Gasteiger partial charge in [0.05, 0.1) is 11.1 Å². The van der Waals surface area contributed by atoms with Gasteiger partial charge in [0.2, 0.25) is 0 Å². The number of hydrogen-bond donors (Lipinski definition) is 1. The second kappa shape index (κ2) is 3.57. The van der Waals surface area contributed by atoms with E-state index >= 15 is 0 Å². The lowest BCUT2D eigenvalue weighted by Gasteiger charge is -2.04. The van der Waals surface area contributed by atoms with Crippen LogP contribution < -0.4 is 10.5 Å². The van der Waals surface area contributed by atoms with Crippen molar-refractivity contribution in [1.29, 1.82) is 0 Å². The highest BCUT2D eigenvalue weighted by Gasteiger charge is 2.00. The van der Waals surface area contributed by atoms with Gasteiger partial charge in [0, 0.05) is 12.3 Å². The van der Waals surface area contributed by atoms with Crippen LogP contribution in [0.3, 0.4) is 0 Å². The van der Waals surface area contributed by atoms with Crippen molar-refractivity contribution in [3.8, 4) is 5.75 Å². The maximum atomic E-state index is 5.45. The summed E-state index contributed by atoms with van der Waals surface area (Å²) < 4.78 is 6.08. The van der Waals surface area contributed by atoms with Crippen LogP contribution in [0.5, 0.6) is 5.75 Å². The summed E-state index contributed by atoms with van der Waals surface area (Å²) in [5.74, 6) is 1.21. The average Bonchev–Trinajstić information content (AvgIpc) is 1.98. The molecule has 1 aromatic rings. The summed E-state index contributed by atoms with van der Waals surface area (Å²) in [4.78, 5) is 3.87. The van der Waals surface area contributed by atoms with E-state index in [9.17, 15) is 0 Å². The van der Waals surface area contributed by atoms with Crippen LogP contribution >= 0.6 is 15.9 Å². The second-order valence-electron chi connectivity index (χ2n) is 1.97. The predicted octanol–water partition coefficient (Wildman–Crippen LogP) is 1.82. The molecular weight excluding hydrogens is 208 g/mol. The lowest BCUT2D eigenvalue weighted by atomic mass is 10.4. The number of aromatic nitrogens is 1. The fourth-order valence-electron chi connectivity index (χ4n) is 0.701. The number of nitrogens with zero attached hydrogens (tertiary/aromatic N) is 1. The molecule has 1 rings (SSSR count). The van der Waals surface area contributed by atoms with E-state index in [0.29, 0.717) is 12.4 Å². The molecule has 0 saturated carbocycles. The third-order valence-corrected chi connectivity index (χ3v) is 1.74. The highest BCUT2D eigenvalue weighted by Crippen LogP contribution is 2.24. The summed E-state index contributed by atoms with van der Waals surface area (Å²) >= 11 is 3.29. The Morgan fingerprint density at radius 2 is 2.45 bits per heavy atom. The van der Waals surface area contributed by atoms with E-state index in [1.807, 2.05) is 6.92 Å². The number of anilines is 1. The van der Waals surface area contributed by atoms with Crippen LogP contribution in [0.15, 0.2) is 16.7 Å². The van der Waals surface area contributed by atoms with Crippen LogP contribution in [-0.4, -0.2) is 11.6 Å². The zero-order valence-corrected chi connectivity index (χ0v) is 7.76. The van der Waals surface area contributed by atoms with E-state index < -0.39 is 0 Å². The number of halogens is 1. The molecule has 4 heteroatoms. The molecule has 0 atom stereocenters. The zero-order chi connectivity index (χ0) is 8.27. The topological polar surface area (TPSA) is 48.1 Å². The monoisotopic (exact) mass is 216 g/mol. The Hall–Kier alpha value is -0.770. The smallest absolute Gasteiger partial charge is 0.138 e. The number of ether oxygens (including phenoxy) is 1. The van der Waals surface area contributed by atoms with E-state index in [-0.39, 0.29) is 0 Å². The van der Waals surface area contributed by atoms with Gasteiger partial charge in [-0.1, -0.05) is 0 Å². The minimum Gasteiger partial charge on any atom is -0.492 e. The molecular formula is C7H9BrN2O. The molecule has 1 heterocycles. The van der Waals surface area contributed by atoms with Gasteiger partial charge in [-0.25, -0.2) is 4.98 Å². The van der Waals surface area contributed by atoms with Gasteiger partial charge < -0.3 is 10.5 Å². The van der Waals surface area contributed by atoms with E-state index in [4.69, 9.17) is 10.5 Å². The fraction of sp³-hybridized carbons (Fsp3) is 0.286. The maximum Gasteiger partial charge on any atom is 0.138 e. The Labute approximate surface area is 73.7 Å². The van der Waals surface area contributed by atoms with E-state index in [2.05, 4.69) is 20.9 Å². The van der Waals surface area contributed by atoms with Crippen LogP contribution in [0.4, 0.5) is 5.82 Å². The van der Waals surface area contributed by atoms with Gasteiger partial charge in [0.1, 0.15) is 11.6 Å². The van der Waals surface area contributed by atoms with Crippen LogP contribution in [0, 0.1) is 0 Å². The standard InChI is InChI=1S/C7H9BrN2O/c1-2-11-6-3-7(9)10-4-5(6)8/h3-4H,2H2,1H3,(H2,9,10). The summed E-state index contributed by atoms with van der Waals surface area (Å²) in [5, 5.41) is 0. The molecule has 2 N–H and O–H groups in total. The first-order valence-electron chi connectivity index (χ1n) is 3.28. The van der Waals surface area contributed by atoms with Crippen molar-refractivity contribution >= 4 is 21.7 Å². The van der Waals surface area contributed by atoms with Crippen molar-refractivity contribution in [2.45, 2.75) is 6.92 Å². The van der Waals surface area contributed by atoms with Crippen molar-refractivity contribution < 1.29 is 4.74 Å². The van der Waals surface area contributed by atoms with Crippen molar-refractivity contribution in [3.63, 3.8) is 0 Å². The molecule has 0 aromatic carbocycles. The Morgan fingerprint density at radius 1 is 1.73 bits per heavy atom.